The highest BCUT2D eigenvalue weighted by Crippen LogP contribution is 2.30. The first-order valence-electron chi connectivity index (χ1n) is 7.48. The molecule has 0 fully saturated rings. The van der Waals surface area contributed by atoms with Crippen molar-refractivity contribution in [2.24, 2.45) is 0 Å². The SMILES string of the molecule is CCCCN(C)C(=O)Cc1sc(-c2ccccc2F)nc1C. The number of likely N-dealkylation sites (N-methyl/N-ethyl adjacent to an activating group) is 1. The number of benzene rings is 1. The van der Waals surface area contributed by atoms with E-state index in [0.29, 0.717) is 17.0 Å². The number of hydrogen-bond acceptors (Lipinski definition) is 3. The minimum atomic E-state index is -0.283. The van der Waals surface area contributed by atoms with Gasteiger partial charge in [0.1, 0.15) is 10.8 Å². The Kier molecular flexibility index (Phi) is 5.66. The molecular weight excluding hydrogens is 299 g/mol. The van der Waals surface area contributed by atoms with Gasteiger partial charge < -0.3 is 4.90 Å². The quantitative estimate of drug-likeness (QED) is 0.804. The molecule has 0 unspecified atom stereocenters. The third-order valence-corrected chi connectivity index (χ3v) is 4.77. The van der Waals surface area contributed by atoms with Crippen molar-refractivity contribution < 1.29 is 9.18 Å². The van der Waals surface area contributed by atoms with Crippen molar-refractivity contribution in [3.05, 3.63) is 40.7 Å². The van der Waals surface area contributed by atoms with Gasteiger partial charge in [-0.3, -0.25) is 4.79 Å². The molecular formula is C17H21FN2OS. The number of nitrogens with zero attached hydrogens (tertiary/aromatic N) is 2. The molecule has 2 aromatic rings. The van der Waals surface area contributed by atoms with E-state index in [-0.39, 0.29) is 11.7 Å². The summed E-state index contributed by atoms with van der Waals surface area (Å²) in [7, 11) is 1.83. The summed E-state index contributed by atoms with van der Waals surface area (Å²) >= 11 is 1.40. The van der Waals surface area contributed by atoms with Gasteiger partial charge in [-0.25, -0.2) is 9.37 Å². The molecule has 0 saturated carbocycles. The number of thiazole rings is 1. The summed E-state index contributed by atoms with van der Waals surface area (Å²) in [5.41, 5.74) is 1.30. The number of amides is 1. The third-order valence-electron chi connectivity index (χ3n) is 3.58. The number of hydrogen-bond donors (Lipinski definition) is 0. The standard InChI is InChI=1S/C17H21FN2OS/c1-4-5-10-20(3)16(21)11-15-12(2)19-17(22-15)13-8-6-7-9-14(13)18/h6-9H,4-5,10-11H2,1-3H3. The van der Waals surface area contributed by atoms with Crippen LogP contribution in [0, 0.1) is 12.7 Å². The molecule has 1 amide bonds. The monoisotopic (exact) mass is 320 g/mol. The Labute approximate surface area is 134 Å². The first-order chi connectivity index (χ1) is 10.5. The van der Waals surface area contributed by atoms with Crippen LogP contribution in [-0.4, -0.2) is 29.4 Å². The molecule has 1 heterocycles. The normalized spacial score (nSPS) is 10.7. The summed E-state index contributed by atoms with van der Waals surface area (Å²) in [4.78, 5) is 19.3. The molecule has 0 saturated heterocycles. The Balaban J connectivity index is 2.14. The van der Waals surface area contributed by atoms with Crippen molar-refractivity contribution in [1.82, 2.24) is 9.88 Å². The predicted molar refractivity (Wildman–Crippen MR) is 88.5 cm³/mol. The Morgan fingerprint density at radius 2 is 2.09 bits per heavy atom. The number of carbonyl (C=O) groups excluding carboxylic acids is 1. The molecule has 0 N–H and O–H groups in total. The van der Waals surface area contributed by atoms with E-state index >= 15 is 0 Å². The molecule has 0 spiro atoms. The van der Waals surface area contributed by atoms with Crippen LogP contribution >= 0.6 is 11.3 Å². The average molecular weight is 320 g/mol. The second kappa shape index (κ2) is 7.49. The van der Waals surface area contributed by atoms with Gasteiger partial charge in [0.15, 0.2) is 0 Å². The van der Waals surface area contributed by atoms with E-state index in [9.17, 15) is 9.18 Å². The molecule has 0 aliphatic heterocycles. The van der Waals surface area contributed by atoms with E-state index in [1.54, 1.807) is 23.1 Å². The summed E-state index contributed by atoms with van der Waals surface area (Å²) in [5.74, 6) is -0.200. The van der Waals surface area contributed by atoms with Gasteiger partial charge in [-0.2, -0.15) is 0 Å². The van der Waals surface area contributed by atoms with E-state index < -0.39 is 0 Å². The van der Waals surface area contributed by atoms with E-state index in [1.165, 1.54) is 17.4 Å². The number of carbonyl (C=O) groups is 1. The molecule has 0 aliphatic rings. The number of rotatable bonds is 6. The zero-order valence-corrected chi connectivity index (χ0v) is 14.0. The minimum Gasteiger partial charge on any atom is -0.345 e. The van der Waals surface area contributed by atoms with Crippen LogP contribution in [0.2, 0.25) is 0 Å². The summed E-state index contributed by atoms with van der Waals surface area (Å²) in [6.07, 6.45) is 2.40. The molecule has 0 atom stereocenters. The van der Waals surface area contributed by atoms with Crippen molar-refractivity contribution >= 4 is 17.2 Å². The Bertz CT molecular complexity index is 654. The lowest BCUT2D eigenvalue weighted by Gasteiger charge is -2.16. The molecule has 0 aliphatic carbocycles. The summed E-state index contributed by atoms with van der Waals surface area (Å²) in [5, 5.41) is 0.634. The Morgan fingerprint density at radius 1 is 1.36 bits per heavy atom. The third kappa shape index (κ3) is 3.91. The molecule has 3 nitrogen and oxygen atoms in total. The Morgan fingerprint density at radius 3 is 2.77 bits per heavy atom. The van der Waals surface area contributed by atoms with Gasteiger partial charge >= 0.3 is 0 Å². The average Bonchev–Trinajstić information content (AvgIpc) is 2.86. The maximum absolute atomic E-state index is 13.8. The fourth-order valence-electron chi connectivity index (χ4n) is 2.13. The summed E-state index contributed by atoms with van der Waals surface area (Å²) in [6.45, 7) is 4.75. The van der Waals surface area contributed by atoms with Crippen molar-refractivity contribution in [1.29, 1.82) is 0 Å². The molecule has 0 radical (unpaired) electrons. The van der Waals surface area contributed by atoms with Crippen LogP contribution < -0.4 is 0 Å². The number of halogens is 1. The number of aromatic nitrogens is 1. The second-order valence-corrected chi connectivity index (χ2v) is 6.44. The van der Waals surface area contributed by atoms with Crippen LogP contribution in [0.4, 0.5) is 4.39 Å². The molecule has 2 rings (SSSR count). The largest absolute Gasteiger partial charge is 0.345 e. The number of unbranched alkanes of at least 4 members (excludes halogenated alkanes) is 1. The van der Waals surface area contributed by atoms with Crippen molar-refractivity contribution in [2.45, 2.75) is 33.1 Å². The van der Waals surface area contributed by atoms with Crippen LogP contribution in [0.3, 0.4) is 0 Å². The van der Waals surface area contributed by atoms with Crippen LogP contribution in [0.1, 0.15) is 30.3 Å². The van der Waals surface area contributed by atoms with Gasteiger partial charge in [0, 0.05) is 24.0 Å². The van der Waals surface area contributed by atoms with Crippen LogP contribution in [0.5, 0.6) is 0 Å². The zero-order valence-electron chi connectivity index (χ0n) is 13.2. The van der Waals surface area contributed by atoms with Crippen LogP contribution in [-0.2, 0) is 11.2 Å². The molecule has 1 aromatic heterocycles. The molecule has 0 bridgehead atoms. The van der Waals surface area contributed by atoms with Crippen LogP contribution in [0.25, 0.3) is 10.6 Å². The van der Waals surface area contributed by atoms with Crippen molar-refractivity contribution in [3.8, 4) is 10.6 Å². The first kappa shape index (κ1) is 16.6. The molecule has 118 valence electrons. The maximum Gasteiger partial charge on any atom is 0.227 e. The highest BCUT2D eigenvalue weighted by atomic mass is 32.1. The predicted octanol–water partition coefficient (Wildman–Crippen LogP) is 4.06. The lowest BCUT2D eigenvalue weighted by atomic mass is 10.2. The van der Waals surface area contributed by atoms with Crippen molar-refractivity contribution in [2.75, 3.05) is 13.6 Å². The smallest absolute Gasteiger partial charge is 0.227 e. The fraction of sp³-hybridized carbons (Fsp3) is 0.412. The summed E-state index contributed by atoms with van der Waals surface area (Å²) < 4.78 is 13.8. The van der Waals surface area contributed by atoms with Gasteiger partial charge in [-0.1, -0.05) is 25.5 Å². The lowest BCUT2D eigenvalue weighted by molar-refractivity contribution is -0.129. The second-order valence-electron chi connectivity index (χ2n) is 5.35. The van der Waals surface area contributed by atoms with E-state index in [2.05, 4.69) is 11.9 Å². The van der Waals surface area contributed by atoms with Gasteiger partial charge in [-0.15, -0.1) is 11.3 Å². The maximum atomic E-state index is 13.8. The van der Waals surface area contributed by atoms with E-state index in [1.807, 2.05) is 14.0 Å². The summed E-state index contributed by atoms with van der Waals surface area (Å²) in [6, 6.07) is 6.59. The first-order valence-corrected chi connectivity index (χ1v) is 8.29. The van der Waals surface area contributed by atoms with E-state index in [4.69, 9.17) is 0 Å². The highest BCUT2D eigenvalue weighted by molar-refractivity contribution is 7.15. The Hall–Kier alpha value is -1.75. The van der Waals surface area contributed by atoms with Gasteiger partial charge in [0.05, 0.1) is 12.1 Å². The van der Waals surface area contributed by atoms with Crippen LogP contribution in [0.15, 0.2) is 24.3 Å². The van der Waals surface area contributed by atoms with Gasteiger partial charge in [-0.05, 0) is 25.5 Å². The minimum absolute atomic E-state index is 0.0836. The lowest BCUT2D eigenvalue weighted by Crippen LogP contribution is -2.29. The number of aryl methyl sites for hydroxylation is 1. The topological polar surface area (TPSA) is 33.2 Å². The molecule has 1 aromatic carbocycles. The van der Waals surface area contributed by atoms with E-state index in [0.717, 1.165) is 30.0 Å². The van der Waals surface area contributed by atoms with Crippen molar-refractivity contribution in [3.63, 3.8) is 0 Å². The van der Waals surface area contributed by atoms with Gasteiger partial charge in [0.25, 0.3) is 0 Å². The van der Waals surface area contributed by atoms with Gasteiger partial charge in [0.2, 0.25) is 5.91 Å². The fourth-order valence-corrected chi connectivity index (χ4v) is 3.21. The molecule has 22 heavy (non-hydrogen) atoms. The zero-order chi connectivity index (χ0) is 16.1. The highest BCUT2D eigenvalue weighted by Gasteiger charge is 2.16. The molecule has 5 heteroatoms.